The van der Waals surface area contributed by atoms with Crippen molar-refractivity contribution in [1.29, 1.82) is 5.26 Å². The van der Waals surface area contributed by atoms with E-state index in [1.165, 1.54) is 12.1 Å². The summed E-state index contributed by atoms with van der Waals surface area (Å²) in [6, 6.07) is 15.5. The average molecular weight is 389 g/mol. The first kappa shape index (κ1) is 18.8. The number of rotatable bonds is 3. The van der Waals surface area contributed by atoms with Gasteiger partial charge in [0.15, 0.2) is 5.78 Å². The number of carbonyl (C=O) groups is 1. The molecule has 0 spiro atoms. The molecule has 2 aromatic carbocycles. The fraction of sp³-hybridized carbons (Fsp3) is 0.217. The minimum atomic E-state index is -0.547. The molecule has 0 aromatic heterocycles. The molecule has 0 saturated heterocycles. The smallest absolute Gasteiger partial charge is 0.161 e. The summed E-state index contributed by atoms with van der Waals surface area (Å²) in [5.74, 6) is 0.00291. The summed E-state index contributed by atoms with van der Waals surface area (Å²) in [5.41, 5.74) is 9.54. The molecule has 146 valence electrons. The molecule has 6 heteroatoms. The largest absolute Gasteiger partial charge is 0.497 e. The van der Waals surface area contributed by atoms with Crippen LogP contribution >= 0.6 is 0 Å². The van der Waals surface area contributed by atoms with Gasteiger partial charge in [-0.3, -0.25) is 9.69 Å². The zero-order valence-electron chi connectivity index (χ0n) is 16.0. The van der Waals surface area contributed by atoms with Gasteiger partial charge in [0.1, 0.15) is 17.4 Å². The summed E-state index contributed by atoms with van der Waals surface area (Å²) in [7, 11) is 1.57. The quantitative estimate of drug-likeness (QED) is 0.853. The van der Waals surface area contributed by atoms with Crippen molar-refractivity contribution in [2.75, 3.05) is 12.0 Å². The molecule has 0 bridgehead atoms. The number of benzene rings is 2. The van der Waals surface area contributed by atoms with Crippen LogP contribution in [0, 0.1) is 17.1 Å². The Morgan fingerprint density at radius 3 is 2.66 bits per heavy atom. The number of nitrogens with zero attached hydrogens (tertiary/aromatic N) is 2. The maximum Gasteiger partial charge on any atom is 0.161 e. The van der Waals surface area contributed by atoms with Gasteiger partial charge >= 0.3 is 0 Å². The van der Waals surface area contributed by atoms with E-state index in [2.05, 4.69) is 6.07 Å². The SMILES string of the molecule is COc1cccc([C@@H]2C(C#N)=C(N)N(c3ccc(F)cc3)C3=C2C(=O)CCC3)c1. The zero-order chi connectivity index (χ0) is 20.5. The first-order chi connectivity index (χ1) is 14.0. The van der Waals surface area contributed by atoms with E-state index in [1.54, 1.807) is 24.1 Å². The number of nitrogens with two attached hydrogens (primary N) is 1. The lowest BCUT2D eigenvalue weighted by atomic mass is 9.75. The fourth-order valence-corrected chi connectivity index (χ4v) is 4.13. The van der Waals surface area contributed by atoms with Crippen molar-refractivity contribution >= 4 is 11.5 Å². The second kappa shape index (κ2) is 7.44. The van der Waals surface area contributed by atoms with Crippen molar-refractivity contribution < 1.29 is 13.9 Å². The zero-order valence-corrected chi connectivity index (χ0v) is 16.0. The van der Waals surface area contributed by atoms with Crippen molar-refractivity contribution in [3.63, 3.8) is 0 Å². The van der Waals surface area contributed by atoms with Crippen LogP contribution in [0.2, 0.25) is 0 Å². The van der Waals surface area contributed by atoms with Crippen molar-refractivity contribution in [3.8, 4) is 11.8 Å². The Hall–Kier alpha value is -3.59. The fourth-order valence-electron chi connectivity index (χ4n) is 4.13. The number of ether oxygens (including phenoxy) is 1. The maximum atomic E-state index is 13.5. The maximum absolute atomic E-state index is 13.5. The molecule has 5 nitrogen and oxygen atoms in total. The van der Waals surface area contributed by atoms with Crippen LogP contribution in [0.5, 0.6) is 5.75 Å². The lowest BCUT2D eigenvalue weighted by Crippen LogP contribution is -2.38. The molecule has 2 aromatic rings. The molecule has 1 heterocycles. The topological polar surface area (TPSA) is 79.3 Å². The molecule has 0 amide bonds. The molecule has 29 heavy (non-hydrogen) atoms. The first-order valence-corrected chi connectivity index (χ1v) is 9.40. The lowest BCUT2D eigenvalue weighted by molar-refractivity contribution is -0.116. The van der Waals surface area contributed by atoms with Crippen LogP contribution in [0.25, 0.3) is 0 Å². The summed E-state index contributed by atoms with van der Waals surface area (Å²) in [6.45, 7) is 0. The van der Waals surface area contributed by atoms with Gasteiger partial charge in [0.05, 0.1) is 24.7 Å². The lowest BCUT2D eigenvalue weighted by Gasteiger charge is -2.39. The number of anilines is 1. The highest BCUT2D eigenvalue weighted by molar-refractivity contribution is 6.01. The van der Waals surface area contributed by atoms with Gasteiger partial charge in [-0.1, -0.05) is 12.1 Å². The van der Waals surface area contributed by atoms with E-state index in [9.17, 15) is 14.4 Å². The molecule has 1 aliphatic heterocycles. The molecule has 1 aliphatic carbocycles. The standard InChI is InChI=1S/C23H20FN3O2/c1-29-17-5-2-4-14(12-17)21-18(13-25)23(26)27(16-10-8-15(24)9-11-16)19-6-3-7-20(28)22(19)21/h2,4-5,8-12,21H,3,6-7,26H2,1H3/t21-/m1/s1. The number of allylic oxidation sites excluding steroid dienone is 3. The number of hydrogen-bond donors (Lipinski definition) is 1. The van der Waals surface area contributed by atoms with Crippen LogP contribution in [0.4, 0.5) is 10.1 Å². The normalized spacial score (nSPS) is 19.1. The van der Waals surface area contributed by atoms with Crippen LogP contribution in [0.15, 0.2) is 71.2 Å². The Morgan fingerprint density at radius 1 is 1.21 bits per heavy atom. The Labute approximate surface area is 168 Å². The van der Waals surface area contributed by atoms with Crippen molar-refractivity contribution in [1.82, 2.24) is 0 Å². The van der Waals surface area contributed by atoms with Crippen molar-refractivity contribution in [2.45, 2.75) is 25.2 Å². The van der Waals surface area contributed by atoms with Gasteiger partial charge in [-0.2, -0.15) is 5.26 Å². The molecule has 0 radical (unpaired) electrons. The molecule has 1 atom stereocenters. The highest BCUT2D eigenvalue weighted by Gasteiger charge is 2.40. The molecular formula is C23H20FN3O2. The van der Waals surface area contributed by atoms with E-state index in [4.69, 9.17) is 10.5 Å². The number of nitriles is 1. The Kier molecular flexibility index (Phi) is 4.81. The van der Waals surface area contributed by atoms with Crippen molar-refractivity contribution in [2.24, 2.45) is 5.73 Å². The highest BCUT2D eigenvalue weighted by atomic mass is 19.1. The monoisotopic (exact) mass is 389 g/mol. The third kappa shape index (κ3) is 3.15. The summed E-state index contributed by atoms with van der Waals surface area (Å²) in [4.78, 5) is 14.7. The third-order valence-corrected chi connectivity index (χ3v) is 5.43. The Balaban J connectivity index is 1.95. The average Bonchev–Trinajstić information content (AvgIpc) is 2.74. The van der Waals surface area contributed by atoms with E-state index >= 15 is 0 Å². The second-order valence-electron chi connectivity index (χ2n) is 7.07. The summed E-state index contributed by atoms with van der Waals surface area (Å²) < 4.78 is 18.8. The van der Waals surface area contributed by atoms with E-state index < -0.39 is 5.92 Å². The molecule has 4 rings (SSSR count). The number of Topliss-reactive ketones (excluding diaryl/α,β-unsaturated/α-hetero) is 1. The van der Waals surface area contributed by atoms with Gasteiger partial charge in [0.25, 0.3) is 0 Å². The van der Waals surface area contributed by atoms with Crippen LogP contribution < -0.4 is 15.4 Å². The van der Waals surface area contributed by atoms with E-state index in [-0.39, 0.29) is 17.4 Å². The van der Waals surface area contributed by atoms with Gasteiger partial charge in [-0.25, -0.2) is 4.39 Å². The molecule has 0 fully saturated rings. The number of carbonyl (C=O) groups excluding carboxylic acids is 1. The predicted octanol–water partition coefficient (Wildman–Crippen LogP) is 4.14. The minimum absolute atomic E-state index is 0.00596. The Morgan fingerprint density at radius 2 is 1.97 bits per heavy atom. The van der Waals surface area contributed by atoms with Crippen molar-refractivity contribution in [3.05, 3.63) is 82.6 Å². The molecule has 2 N–H and O–H groups in total. The van der Waals surface area contributed by atoms with Crippen LogP contribution in [0.3, 0.4) is 0 Å². The number of methoxy groups -OCH3 is 1. The van der Waals surface area contributed by atoms with Gasteiger partial charge < -0.3 is 10.5 Å². The second-order valence-corrected chi connectivity index (χ2v) is 7.07. The molecule has 0 saturated carbocycles. The molecule has 2 aliphatic rings. The van der Waals surface area contributed by atoms with Gasteiger partial charge in [-0.15, -0.1) is 0 Å². The minimum Gasteiger partial charge on any atom is -0.497 e. The van der Waals surface area contributed by atoms with Crippen LogP contribution in [0.1, 0.15) is 30.7 Å². The first-order valence-electron chi connectivity index (χ1n) is 9.40. The number of ketones is 1. The van der Waals surface area contributed by atoms with Crippen LogP contribution in [-0.4, -0.2) is 12.9 Å². The summed E-state index contributed by atoms with van der Waals surface area (Å²) >= 11 is 0. The van der Waals surface area contributed by atoms with E-state index in [1.807, 2.05) is 24.3 Å². The summed E-state index contributed by atoms with van der Waals surface area (Å²) in [6.07, 6.45) is 1.78. The van der Waals surface area contributed by atoms with Crippen LogP contribution in [-0.2, 0) is 4.79 Å². The third-order valence-electron chi connectivity index (χ3n) is 5.43. The van der Waals surface area contributed by atoms with E-state index in [0.29, 0.717) is 41.8 Å². The number of halogens is 1. The van der Waals surface area contributed by atoms with E-state index in [0.717, 1.165) is 11.3 Å². The number of hydrogen-bond acceptors (Lipinski definition) is 5. The van der Waals surface area contributed by atoms with Gasteiger partial charge in [0, 0.05) is 23.4 Å². The van der Waals surface area contributed by atoms with Gasteiger partial charge in [-0.05, 0) is 54.8 Å². The summed E-state index contributed by atoms with van der Waals surface area (Å²) in [5, 5.41) is 9.97. The Bertz CT molecular complexity index is 1080. The van der Waals surface area contributed by atoms with Gasteiger partial charge in [0.2, 0.25) is 0 Å². The molecular weight excluding hydrogens is 369 g/mol. The predicted molar refractivity (Wildman–Crippen MR) is 107 cm³/mol. The highest BCUT2D eigenvalue weighted by Crippen LogP contribution is 2.46. The molecule has 0 unspecified atom stereocenters.